The second-order valence-electron chi connectivity index (χ2n) is 6.99. The number of rotatable bonds is 5. The number of likely N-dealkylation sites (tertiary alicyclic amines) is 1. The van der Waals surface area contributed by atoms with Crippen molar-refractivity contribution in [2.75, 3.05) is 26.2 Å². The van der Waals surface area contributed by atoms with E-state index in [2.05, 4.69) is 55.3 Å². The van der Waals surface area contributed by atoms with E-state index in [0.29, 0.717) is 0 Å². The molecule has 0 bridgehead atoms. The lowest BCUT2D eigenvalue weighted by Crippen LogP contribution is -2.35. The standard InChI is InChI=1S/C18H30N2/c1-18(2,3)17-10-6-5-9-16(17)15-19-11-14-20-12-7-4-8-13-20/h5-6,9-10,19H,4,7-8,11-15H2,1-3H3. The number of hydrogen-bond donors (Lipinski definition) is 1. The highest BCUT2D eigenvalue weighted by atomic mass is 15.1. The van der Waals surface area contributed by atoms with Gasteiger partial charge in [0.15, 0.2) is 0 Å². The van der Waals surface area contributed by atoms with Gasteiger partial charge in [-0.25, -0.2) is 0 Å². The van der Waals surface area contributed by atoms with Crippen LogP contribution in [0, 0.1) is 0 Å². The molecule has 1 N–H and O–H groups in total. The first-order valence-corrected chi connectivity index (χ1v) is 8.09. The second kappa shape index (κ2) is 7.24. The van der Waals surface area contributed by atoms with E-state index >= 15 is 0 Å². The van der Waals surface area contributed by atoms with E-state index < -0.39 is 0 Å². The quantitative estimate of drug-likeness (QED) is 0.826. The van der Waals surface area contributed by atoms with Crippen LogP contribution in [0.25, 0.3) is 0 Å². The van der Waals surface area contributed by atoms with E-state index in [4.69, 9.17) is 0 Å². The Morgan fingerprint density at radius 3 is 2.45 bits per heavy atom. The third-order valence-corrected chi connectivity index (χ3v) is 4.19. The maximum Gasteiger partial charge on any atom is 0.0208 e. The fourth-order valence-corrected chi connectivity index (χ4v) is 3.05. The Hall–Kier alpha value is -0.860. The van der Waals surface area contributed by atoms with Crippen LogP contribution in [-0.4, -0.2) is 31.1 Å². The zero-order valence-corrected chi connectivity index (χ0v) is 13.4. The van der Waals surface area contributed by atoms with Gasteiger partial charge in [-0.3, -0.25) is 0 Å². The molecule has 0 radical (unpaired) electrons. The fourth-order valence-electron chi connectivity index (χ4n) is 3.05. The van der Waals surface area contributed by atoms with Gasteiger partial charge >= 0.3 is 0 Å². The van der Waals surface area contributed by atoms with Crippen molar-refractivity contribution in [3.8, 4) is 0 Å². The van der Waals surface area contributed by atoms with E-state index in [1.165, 1.54) is 50.0 Å². The molecule has 2 heteroatoms. The van der Waals surface area contributed by atoms with Gasteiger partial charge in [0.2, 0.25) is 0 Å². The molecule has 20 heavy (non-hydrogen) atoms. The van der Waals surface area contributed by atoms with Crippen molar-refractivity contribution in [3.63, 3.8) is 0 Å². The van der Waals surface area contributed by atoms with Crippen molar-refractivity contribution in [3.05, 3.63) is 35.4 Å². The molecule has 0 aromatic heterocycles. The average Bonchev–Trinajstić information content (AvgIpc) is 2.44. The Morgan fingerprint density at radius 2 is 1.75 bits per heavy atom. The van der Waals surface area contributed by atoms with Gasteiger partial charge < -0.3 is 10.2 Å². The number of piperidine rings is 1. The van der Waals surface area contributed by atoms with E-state index in [1.807, 2.05) is 0 Å². The third-order valence-electron chi connectivity index (χ3n) is 4.19. The van der Waals surface area contributed by atoms with E-state index in [1.54, 1.807) is 0 Å². The number of benzene rings is 1. The van der Waals surface area contributed by atoms with Crippen LogP contribution in [0.4, 0.5) is 0 Å². The molecule has 2 nitrogen and oxygen atoms in total. The summed E-state index contributed by atoms with van der Waals surface area (Å²) in [4.78, 5) is 2.59. The molecule has 1 aromatic carbocycles. The van der Waals surface area contributed by atoms with Crippen LogP contribution in [0.1, 0.15) is 51.2 Å². The van der Waals surface area contributed by atoms with Crippen LogP contribution < -0.4 is 5.32 Å². The topological polar surface area (TPSA) is 15.3 Å². The van der Waals surface area contributed by atoms with Crippen LogP contribution in [0.2, 0.25) is 0 Å². The smallest absolute Gasteiger partial charge is 0.0208 e. The van der Waals surface area contributed by atoms with Crippen LogP contribution in [0.15, 0.2) is 24.3 Å². The van der Waals surface area contributed by atoms with Gasteiger partial charge in [-0.05, 0) is 42.5 Å². The minimum atomic E-state index is 0.227. The molecule has 0 aliphatic carbocycles. The molecule has 112 valence electrons. The summed E-state index contributed by atoms with van der Waals surface area (Å²) in [6.45, 7) is 12.7. The molecule has 1 saturated heterocycles. The zero-order valence-electron chi connectivity index (χ0n) is 13.4. The predicted octanol–water partition coefficient (Wildman–Crippen LogP) is 3.56. The minimum Gasteiger partial charge on any atom is -0.311 e. The highest BCUT2D eigenvalue weighted by Crippen LogP contribution is 2.25. The summed E-state index contributed by atoms with van der Waals surface area (Å²) in [6.07, 6.45) is 4.18. The Morgan fingerprint density at radius 1 is 1.05 bits per heavy atom. The summed E-state index contributed by atoms with van der Waals surface area (Å²) in [5, 5.41) is 3.62. The molecule has 1 aromatic rings. The predicted molar refractivity (Wildman–Crippen MR) is 87.1 cm³/mol. The molecule has 0 spiro atoms. The van der Waals surface area contributed by atoms with Gasteiger partial charge in [-0.15, -0.1) is 0 Å². The normalized spacial score (nSPS) is 17.4. The average molecular weight is 274 g/mol. The molecule has 1 fully saturated rings. The van der Waals surface area contributed by atoms with Crippen molar-refractivity contribution in [1.82, 2.24) is 10.2 Å². The summed E-state index contributed by atoms with van der Waals surface area (Å²) < 4.78 is 0. The summed E-state index contributed by atoms with van der Waals surface area (Å²) >= 11 is 0. The Bertz CT molecular complexity index is 400. The molecular weight excluding hydrogens is 244 g/mol. The van der Waals surface area contributed by atoms with Crippen LogP contribution in [0.3, 0.4) is 0 Å². The highest BCUT2D eigenvalue weighted by molar-refractivity contribution is 5.32. The van der Waals surface area contributed by atoms with Crippen LogP contribution in [0.5, 0.6) is 0 Å². The molecule has 1 aliphatic rings. The largest absolute Gasteiger partial charge is 0.311 e. The van der Waals surface area contributed by atoms with Gasteiger partial charge in [0.1, 0.15) is 0 Å². The Balaban J connectivity index is 1.79. The molecule has 2 rings (SSSR count). The number of nitrogens with zero attached hydrogens (tertiary/aromatic N) is 1. The first-order chi connectivity index (χ1) is 9.57. The lowest BCUT2D eigenvalue weighted by molar-refractivity contribution is 0.229. The van der Waals surface area contributed by atoms with Gasteiger partial charge in [0, 0.05) is 19.6 Å². The van der Waals surface area contributed by atoms with Crippen LogP contribution in [-0.2, 0) is 12.0 Å². The molecular formula is C18H30N2. The molecule has 0 atom stereocenters. The van der Waals surface area contributed by atoms with E-state index in [9.17, 15) is 0 Å². The maximum absolute atomic E-state index is 3.62. The molecule has 0 saturated carbocycles. The lowest BCUT2D eigenvalue weighted by atomic mass is 9.84. The maximum atomic E-state index is 3.62. The zero-order chi connectivity index (χ0) is 14.4. The lowest BCUT2D eigenvalue weighted by Gasteiger charge is -2.27. The summed E-state index contributed by atoms with van der Waals surface area (Å²) in [6, 6.07) is 8.82. The number of nitrogens with one attached hydrogen (secondary N) is 1. The highest BCUT2D eigenvalue weighted by Gasteiger charge is 2.16. The van der Waals surface area contributed by atoms with Crippen LogP contribution >= 0.6 is 0 Å². The monoisotopic (exact) mass is 274 g/mol. The first-order valence-electron chi connectivity index (χ1n) is 8.09. The van der Waals surface area contributed by atoms with Gasteiger partial charge in [0.05, 0.1) is 0 Å². The molecule has 0 amide bonds. The third kappa shape index (κ3) is 4.60. The minimum absolute atomic E-state index is 0.227. The molecule has 0 unspecified atom stereocenters. The van der Waals surface area contributed by atoms with Gasteiger partial charge in [-0.1, -0.05) is 51.5 Å². The molecule has 1 heterocycles. The van der Waals surface area contributed by atoms with Gasteiger partial charge in [0.25, 0.3) is 0 Å². The summed E-state index contributed by atoms with van der Waals surface area (Å²) in [5.41, 5.74) is 3.13. The van der Waals surface area contributed by atoms with Crippen molar-refractivity contribution >= 4 is 0 Å². The first kappa shape index (κ1) is 15.5. The number of hydrogen-bond acceptors (Lipinski definition) is 2. The Kier molecular flexibility index (Phi) is 5.62. The summed E-state index contributed by atoms with van der Waals surface area (Å²) in [5.74, 6) is 0. The van der Waals surface area contributed by atoms with E-state index in [0.717, 1.165) is 13.1 Å². The van der Waals surface area contributed by atoms with Gasteiger partial charge in [-0.2, -0.15) is 0 Å². The Labute approximate surface area is 124 Å². The molecule has 1 aliphatic heterocycles. The van der Waals surface area contributed by atoms with Crippen molar-refractivity contribution in [2.45, 2.75) is 52.0 Å². The SMILES string of the molecule is CC(C)(C)c1ccccc1CNCCN1CCCCC1. The van der Waals surface area contributed by atoms with Crippen molar-refractivity contribution in [1.29, 1.82) is 0 Å². The van der Waals surface area contributed by atoms with E-state index in [-0.39, 0.29) is 5.41 Å². The fraction of sp³-hybridized carbons (Fsp3) is 0.667. The van der Waals surface area contributed by atoms with Crippen molar-refractivity contribution < 1.29 is 0 Å². The summed E-state index contributed by atoms with van der Waals surface area (Å²) in [7, 11) is 0. The second-order valence-corrected chi connectivity index (χ2v) is 6.99. The van der Waals surface area contributed by atoms with Crippen molar-refractivity contribution in [2.24, 2.45) is 0 Å².